The molecule has 0 saturated heterocycles. The summed E-state index contributed by atoms with van der Waals surface area (Å²) in [5, 5.41) is 18.3. The smallest absolute Gasteiger partial charge is 0.262 e. The highest BCUT2D eigenvalue weighted by Crippen LogP contribution is 2.31. The van der Waals surface area contributed by atoms with Crippen molar-refractivity contribution < 1.29 is 28.6 Å². The Bertz CT molecular complexity index is 1160. The molecule has 1 N–H and O–H groups in total. The summed E-state index contributed by atoms with van der Waals surface area (Å²) in [4.78, 5) is 29.4. The molecule has 0 saturated carbocycles. The van der Waals surface area contributed by atoms with E-state index >= 15 is 0 Å². The predicted octanol–water partition coefficient (Wildman–Crippen LogP) is 2.30. The zero-order valence-corrected chi connectivity index (χ0v) is 18.4. The van der Waals surface area contributed by atoms with E-state index < -0.39 is 5.91 Å². The Morgan fingerprint density at radius 3 is 2.70 bits per heavy atom. The number of aryl methyl sites for hydroxylation is 1. The summed E-state index contributed by atoms with van der Waals surface area (Å²) >= 11 is 0. The van der Waals surface area contributed by atoms with E-state index in [1.54, 1.807) is 37.1 Å². The van der Waals surface area contributed by atoms with E-state index in [9.17, 15) is 14.7 Å². The normalized spacial score (nSPS) is 13.6. The maximum Gasteiger partial charge on any atom is 0.262 e. The third-order valence-corrected chi connectivity index (χ3v) is 5.18. The number of phenols is 1. The van der Waals surface area contributed by atoms with E-state index in [0.29, 0.717) is 36.4 Å². The van der Waals surface area contributed by atoms with Gasteiger partial charge in [0.2, 0.25) is 17.7 Å². The molecule has 4 rings (SSSR count). The van der Waals surface area contributed by atoms with E-state index in [0.717, 1.165) is 5.56 Å². The Morgan fingerprint density at radius 1 is 1.15 bits per heavy atom. The molecule has 0 aliphatic carbocycles. The summed E-state index contributed by atoms with van der Waals surface area (Å²) in [5.74, 6) is 0.132. The second-order valence-corrected chi connectivity index (χ2v) is 7.50. The highest BCUT2D eigenvalue weighted by atomic mass is 16.5. The van der Waals surface area contributed by atoms with Crippen LogP contribution in [-0.4, -0.2) is 58.9 Å². The third-order valence-electron chi connectivity index (χ3n) is 5.18. The number of fused-ring (bicyclic) bond motifs is 1. The van der Waals surface area contributed by atoms with Gasteiger partial charge in [0.1, 0.15) is 24.7 Å². The van der Waals surface area contributed by atoms with Gasteiger partial charge in [-0.25, -0.2) is 0 Å². The molecule has 1 aliphatic rings. The first kappa shape index (κ1) is 22.3. The maximum absolute atomic E-state index is 13.4. The molecule has 2 aromatic carbocycles. The molecular formula is C23H24N4O6. The van der Waals surface area contributed by atoms with Gasteiger partial charge in [0.25, 0.3) is 5.91 Å². The molecule has 0 bridgehead atoms. The first-order chi connectivity index (χ1) is 16.0. The number of hydrogen-bond acceptors (Lipinski definition) is 8. The molecule has 1 aromatic heterocycles. The van der Waals surface area contributed by atoms with Crippen LogP contribution in [0.4, 0.5) is 5.69 Å². The van der Waals surface area contributed by atoms with Crippen LogP contribution >= 0.6 is 0 Å². The Balaban J connectivity index is 1.60. The number of benzene rings is 2. The summed E-state index contributed by atoms with van der Waals surface area (Å²) in [6, 6.07) is 11.7. The van der Waals surface area contributed by atoms with E-state index in [4.69, 9.17) is 13.9 Å². The summed E-state index contributed by atoms with van der Waals surface area (Å²) in [5.41, 5.74) is 1.45. The molecule has 2 amide bonds. The molecule has 172 valence electrons. The lowest BCUT2D eigenvalue weighted by molar-refractivity contribution is -0.131. The molecule has 0 unspecified atom stereocenters. The summed E-state index contributed by atoms with van der Waals surface area (Å²) in [6.07, 6.45) is 0. The number of aromatic nitrogens is 2. The van der Waals surface area contributed by atoms with Crippen molar-refractivity contribution in [2.24, 2.45) is 0 Å². The maximum atomic E-state index is 13.4. The van der Waals surface area contributed by atoms with Crippen LogP contribution in [0.25, 0.3) is 0 Å². The van der Waals surface area contributed by atoms with Crippen molar-refractivity contribution in [2.75, 3.05) is 31.8 Å². The molecule has 0 fully saturated rings. The average molecular weight is 452 g/mol. The lowest BCUT2D eigenvalue weighted by atomic mass is 10.1. The topological polar surface area (TPSA) is 118 Å². The molecule has 2 heterocycles. The standard InChI is InChI=1S/C23H24N4O6/c1-15-24-25-21(33-15)13-26-12-16-5-3-4-6-19(16)27(14-22(26)29)23(30)18-8-7-17(11-20(18)28)32-10-9-31-2/h3-8,11,28H,9-10,12-14H2,1-2H3. The van der Waals surface area contributed by atoms with E-state index in [1.807, 2.05) is 12.1 Å². The van der Waals surface area contributed by atoms with Crippen LogP contribution in [0, 0.1) is 6.92 Å². The second kappa shape index (κ2) is 9.70. The van der Waals surface area contributed by atoms with E-state index in [1.165, 1.54) is 17.0 Å². The van der Waals surface area contributed by atoms with Crippen LogP contribution in [0.5, 0.6) is 11.5 Å². The number of anilines is 1. The SMILES string of the molecule is COCCOc1ccc(C(=O)N2CC(=O)N(Cc3nnc(C)o3)Cc3ccccc32)c(O)c1. The van der Waals surface area contributed by atoms with Crippen molar-refractivity contribution in [1.29, 1.82) is 0 Å². The summed E-state index contributed by atoms with van der Waals surface area (Å²) < 4.78 is 15.8. The fraction of sp³-hybridized carbons (Fsp3) is 0.304. The van der Waals surface area contributed by atoms with Gasteiger partial charge in [-0.3, -0.25) is 14.5 Å². The zero-order valence-electron chi connectivity index (χ0n) is 18.4. The van der Waals surface area contributed by atoms with Crippen molar-refractivity contribution in [1.82, 2.24) is 15.1 Å². The number of phenolic OH excluding ortho intramolecular Hbond substituents is 1. The fourth-order valence-electron chi connectivity index (χ4n) is 3.58. The molecule has 33 heavy (non-hydrogen) atoms. The van der Waals surface area contributed by atoms with Crippen molar-refractivity contribution in [3.05, 3.63) is 65.4 Å². The second-order valence-electron chi connectivity index (χ2n) is 7.50. The minimum atomic E-state index is -0.493. The van der Waals surface area contributed by atoms with Gasteiger partial charge >= 0.3 is 0 Å². The molecule has 10 heteroatoms. The van der Waals surface area contributed by atoms with Crippen molar-refractivity contribution >= 4 is 17.5 Å². The number of rotatable bonds is 7. The number of para-hydroxylation sites is 1. The Morgan fingerprint density at radius 2 is 1.97 bits per heavy atom. The van der Waals surface area contributed by atoms with Crippen LogP contribution in [0.2, 0.25) is 0 Å². The Hall–Kier alpha value is -3.92. The number of carbonyl (C=O) groups is 2. The van der Waals surface area contributed by atoms with E-state index in [2.05, 4.69) is 10.2 Å². The van der Waals surface area contributed by atoms with Gasteiger partial charge in [-0.2, -0.15) is 0 Å². The molecule has 0 spiro atoms. The third kappa shape index (κ3) is 4.96. The minimum absolute atomic E-state index is 0.0673. The number of carbonyl (C=O) groups excluding carboxylic acids is 2. The fourth-order valence-corrected chi connectivity index (χ4v) is 3.58. The molecule has 0 radical (unpaired) electrons. The molecule has 3 aromatic rings. The lowest BCUT2D eigenvalue weighted by Crippen LogP contribution is -2.40. The lowest BCUT2D eigenvalue weighted by Gasteiger charge is -2.22. The molecule has 10 nitrogen and oxygen atoms in total. The van der Waals surface area contributed by atoms with Gasteiger partial charge in [-0.05, 0) is 23.8 Å². The number of aromatic hydroxyl groups is 1. The van der Waals surface area contributed by atoms with Gasteiger partial charge in [0, 0.05) is 32.3 Å². The van der Waals surface area contributed by atoms with Gasteiger partial charge < -0.3 is 23.9 Å². The summed E-state index contributed by atoms with van der Waals surface area (Å²) in [6.45, 7) is 2.60. The highest BCUT2D eigenvalue weighted by molar-refractivity contribution is 6.11. The highest BCUT2D eigenvalue weighted by Gasteiger charge is 2.31. The van der Waals surface area contributed by atoms with Crippen molar-refractivity contribution in [3.63, 3.8) is 0 Å². The minimum Gasteiger partial charge on any atom is -0.507 e. The van der Waals surface area contributed by atoms with Crippen LogP contribution in [0.15, 0.2) is 46.9 Å². The van der Waals surface area contributed by atoms with Gasteiger partial charge in [0.05, 0.1) is 18.7 Å². The number of nitrogens with zero attached hydrogens (tertiary/aromatic N) is 4. The van der Waals surface area contributed by atoms with Crippen LogP contribution in [0.1, 0.15) is 27.7 Å². The number of hydrogen-bond donors (Lipinski definition) is 1. The van der Waals surface area contributed by atoms with Crippen LogP contribution < -0.4 is 9.64 Å². The summed E-state index contributed by atoms with van der Waals surface area (Å²) in [7, 11) is 1.56. The van der Waals surface area contributed by atoms with E-state index in [-0.39, 0.29) is 36.9 Å². The monoisotopic (exact) mass is 452 g/mol. The predicted molar refractivity (Wildman–Crippen MR) is 117 cm³/mol. The van der Waals surface area contributed by atoms with Crippen molar-refractivity contribution in [2.45, 2.75) is 20.0 Å². The first-order valence-electron chi connectivity index (χ1n) is 10.4. The largest absolute Gasteiger partial charge is 0.507 e. The number of amides is 2. The zero-order chi connectivity index (χ0) is 23.4. The van der Waals surface area contributed by atoms with Crippen LogP contribution in [-0.2, 0) is 22.6 Å². The van der Waals surface area contributed by atoms with Gasteiger partial charge in [-0.1, -0.05) is 18.2 Å². The Kier molecular flexibility index (Phi) is 6.55. The number of ether oxygens (including phenoxy) is 2. The average Bonchev–Trinajstić information content (AvgIpc) is 3.15. The number of methoxy groups -OCH3 is 1. The van der Waals surface area contributed by atoms with Crippen molar-refractivity contribution in [3.8, 4) is 11.5 Å². The molecular weight excluding hydrogens is 428 g/mol. The molecule has 0 atom stereocenters. The van der Waals surface area contributed by atoms with Gasteiger partial charge in [-0.15, -0.1) is 10.2 Å². The first-order valence-corrected chi connectivity index (χ1v) is 10.4. The quantitative estimate of drug-likeness (QED) is 0.543. The van der Waals surface area contributed by atoms with Gasteiger partial charge in [0.15, 0.2) is 0 Å². The Labute approximate surface area is 190 Å². The van der Waals surface area contributed by atoms with Crippen LogP contribution in [0.3, 0.4) is 0 Å². The molecule has 1 aliphatic heterocycles.